The van der Waals surface area contributed by atoms with Gasteiger partial charge in [-0.25, -0.2) is 9.82 Å². The number of rotatable bonds is 3. The van der Waals surface area contributed by atoms with Gasteiger partial charge in [-0.15, -0.1) is 11.3 Å². The molecule has 0 aliphatic heterocycles. The Labute approximate surface area is 107 Å². The number of halogens is 2. The van der Waals surface area contributed by atoms with E-state index < -0.39 is 11.9 Å². The van der Waals surface area contributed by atoms with Crippen LogP contribution >= 0.6 is 22.9 Å². The average Bonchev–Trinajstić information content (AvgIpc) is 2.65. The quantitative estimate of drug-likeness (QED) is 0.667. The van der Waals surface area contributed by atoms with Gasteiger partial charge in [0.15, 0.2) is 0 Å². The van der Waals surface area contributed by atoms with Crippen LogP contribution in [-0.2, 0) is 0 Å². The number of hydrogen-bond donors (Lipinski definition) is 2. The predicted octanol–water partition coefficient (Wildman–Crippen LogP) is 2.80. The van der Waals surface area contributed by atoms with E-state index in [2.05, 4.69) is 10.4 Å². The van der Waals surface area contributed by atoms with E-state index in [4.69, 9.17) is 17.4 Å². The number of nitrogens with zero attached hydrogens (tertiary/aromatic N) is 1. The summed E-state index contributed by atoms with van der Waals surface area (Å²) in [5.41, 5.74) is 3.98. The van der Waals surface area contributed by atoms with Gasteiger partial charge in [0.25, 0.3) is 0 Å². The van der Waals surface area contributed by atoms with Crippen molar-refractivity contribution in [1.82, 2.24) is 10.4 Å². The minimum absolute atomic E-state index is 0.405. The fraction of sp³-hybridized carbons (Fsp3) is 0.182. The van der Waals surface area contributed by atoms with Crippen LogP contribution in [0.2, 0.25) is 5.02 Å². The minimum Gasteiger partial charge on any atom is -0.271 e. The summed E-state index contributed by atoms with van der Waals surface area (Å²) in [6, 6.07) is 1.13. The summed E-state index contributed by atoms with van der Waals surface area (Å²) >= 11 is 7.61. The molecule has 0 aliphatic carbocycles. The Kier molecular flexibility index (Phi) is 3.73. The molecule has 0 spiro atoms. The number of thiophene rings is 1. The molecule has 2 aromatic heterocycles. The van der Waals surface area contributed by atoms with Crippen LogP contribution in [0.5, 0.6) is 0 Å². The predicted molar refractivity (Wildman–Crippen MR) is 67.4 cm³/mol. The third-order valence-corrected chi connectivity index (χ3v) is 4.25. The molecule has 0 fully saturated rings. The van der Waals surface area contributed by atoms with Crippen molar-refractivity contribution in [2.75, 3.05) is 0 Å². The van der Waals surface area contributed by atoms with E-state index >= 15 is 0 Å². The van der Waals surface area contributed by atoms with Gasteiger partial charge in [-0.2, -0.15) is 0 Å². The highest BCUT2D eigenvalue weighted by atomic mass is 35.5. The third kappa shape index (κ3) is 2.32. The summed E-state index contributed by atoms with van der Waals surface area (Å²) in [5.74, 6) is 5.09. The summed E-state index contributed by atoms with van der Waals surface area (Å²) in [5, 5.41) is 2.54. The highest BCUT2D eigenvalue weighted by Gasteiger charge is 2.21. The molecule has 90 valence electrons. The van der Waals surface area contributed by atoms with Gasteiger partial charge in [-0.3, -0.25) is 10.8 Å². The number of nitrogens with one attached hydrogen (secondary N) is 1. The molecule has 1 unspecified atom stereocenters. The molecule has 3 N–H and O–H groups in total. The molecule has 0 amide bonds. The van der Waals surface area contributed by atoms with Crippen molar-refractivity contribution < 1.29 is 4.39 Å². The summed E-state index contributed by atoms with van der Waals surface area (Å²) in [6.45, 7) is 1.90. The van der Waals surface area contributed by atoms with Crippen LogP contribution in [0.15, 0.2) is 23.8 Å². The summed E-state index contributed by atoms with van der Waals surface area (Å²) in [6.07, 6.45) is 2.69. The molecule has 1 atom stereocenters. The van der Waals surface area contributed by atoms with Crippen LogP contribution in [0, 0.1) is 12.7 Å². The smallest absolute Gasteiger partial charge is 0.146 e. The second-order valence-electron chi connectivity index (χ2n) is 3.59. The average molecular weight is 272 g/mol. The molecule has 2 rings (SSSR count). The third-order valence-electron chi connectivity index (χ3n) is 2.47. The van der Waals surface area contributed by atoms with Gasteiger partial charge < -0.3 is 0 Å². The van der Waals surface area contributed by atoms with Crippen molar-refractivity contribution in [3.05, 3.63) is 50.7 Å². The Bertz CT molecular complexity index is 529. The summed E-state index contributed by atoms with van der Waals surface area (Å²) in [4.78, 5) is 4.51. The molecule has 17 heavy (non-hydrogen) atoms. The lowest BCUT2D eigenvalue weighted by Gasteiger charge is -2.15. The molecule has 0 saturated carbocycles. The summed E-state index contributed by atoms with van der Waals surface area (Å²) in [7, 11) is 0. The van der Waals surface area contributed by atoms with Crippen LogP contribution in [0.25, 0.3) is 0 Å². The zero-order valence-electron chi connectivity index (χ0n) is 9.08. The highest BCUT2D eigenvalue weighted by molar-refractivity contribution is 7.10. The van der Waals surface area contributed by atoms with Crippen molar-refractivity contribution in [3.63, 3.8) is 0 Å². The van der Waals surface area contributed by atoms with Gasteiger partial charge in [0, 0.05) is 16.6 Å². The molecule has 0 saturated heterocycles. The second kappa shape index (κ2) is 5.10. The van der Waals surface area contributed by atoms with Gasteiger partial charge in [0.2, 0.25) is 0 Å². The van der Waals surface area contributed by atoms with Gasteiger partial charge in [0.05, 0.1) is 17.3 Å². The molecule has 2 aromatic rings. The van der Waals surface area contributed by atoms with Crippen LogP contribution in [0.4, 0.5) is 4.39 Å². The number of hydrazine groups is 1. The molecule has 2 heterocycles. The van der Waals surface area contributed by atoms with Gasteiger partial charge in [0.1, 0.15) is 5.82 Å². The second-order valence-corrected chi connectivity index (χ2v) is 4.88. The van der Waals surface area contributed by atoms with E-state index in [0.29, 0.717) is 10.6 Å². The lowest BCUT2D eigenvalue weighted by molar-refractivity contribution is 0.559. The first kappa shape index (κ1) is 12.4. The topological polar surface area (TPSA) is 50.9 Å². The summed E-state index contributed by atoms with van der Waals surface area (Å²) < 4.78 is 13.7. The molecule has 0 radical (unpaired) electrons. The number of pyridine rings is 1. The number of nitrogens with two attached hydrogens (primary N) is 1. The van der Waals surface area contributed by atoms with Gasteiger partial charge in [-0.05, 0) is 23.9 Å². The molecule has 3 nitrogen and oxygen atoms in total. The molecule has 0 aliphatic rings. The van der Waals surface area contributed by atoms with E-state index in [1.165, 1.54) is 17.5 Å². The Morgan fingerprint density at radius 2 is 2.35 bits per heavy atom. The Balaban J connectivity index is 2.48. The van der Waals surface area contributed by atoms with Crippen molar-refractivity contribution in [2.45, 2.75) is 13.0 Å². The fourth-order valence-electron chi connectivity index (χ4n) is 1.57. The first-order valence-corrected chi connectivity index (χ1v) is 6.20. The zero-order valence-corrected chi connectivity index (χ0v) is 10.6. The van der Waals surface area contributed by atoms with Crippen LogP contribution in [-0.4, -0.2) is 4.98 Å². The monoisotopic (exact) mass is 271 g/mol. The first-order valence-electron chi connectivity index (χ1n) is 4.94. The molecular weight excluding hydrogens is 261 g/mol. The fourth-order valence-corrected chi connectivity index (χ4v) is 2.95. The lowest BCUT2D eigenvalue weighted by atomic mass is 10.1. The van der Waals surface area contributed by atoms with E-state index in [0.717, 1.165) is 16.6 Å². The maximum Gasteiger partial charge on any atom is 0.146 e. The SMILES string of the molecule is Cc1csc(C(NN)c2ccncc2F)c1Cl. The normalized spacial score (nSPS) is 12.7. The molecule has 6 heteroatoms. The lowest BCUT2D eigenvalue weighted by Crippen LogP contribution is -2.29. The number of aromatic nitrogens is 1. The first-order chi connectivity index (χ1) is 8.15. The number of aryl methyl sites for hydroxylation is 1. The number of hydrogen-bond acceptors (Lipinski definition) is 4. The van der Waals surface area contributed by atoms with Crippen molar-refractivity contribution in [1.29, 1.82) is 0 Å². The van der Waals surface area contributed by atoms with Crippen LogP contribution < -0.4 is 11.3 Å². The maximum atomic E-state index is 13.7. The Morgan fingerprint density at radius 3 is 2.88 bits per heavy atom. The maximum absolute atomic E-state index is 13.7. The van der Waals surface area contributed by atoms with E-state index in [9.17, 15) is 4.39 Å². The van der Waals surface area contributed by atoms with E-state index in [-0.39, 0.29) is 0 Å². The van der Waals surface area contributed by atoms with E-state index in [1.54, 1.807) is 6.07 Å². The largest absolute Gasteiger partial charge is 0.271 e. The highest BCUT2D eigenvalue weighted by Crippen LogP contribution is 2.35. The molecule has 0 aromatic carbocycles. The minimum atomic E-state index is -0.454. The van der Waals surface area contributed by atoms with Crippen molar-refractivity contribution in [2.24, 2.45) is 5.84 Å². The standard InChI is InChI=1S/C11H11ClFN3S/c1-6-5-17-11(9(6)12)10(16-14)7-2-3-15-4-8(7)13/h2-5,10,16H,14H2,1H3. The van der Waals surface area contributed by atoms with Crippen LogP contribution in [0.1, 0.15) is 22.0 Å². The van der Waals surface area contributed by atoms with Gasteiger partial charge >= 0.3 is 0 Å². The Morgan fingerprint density at radius 1 is 1.59 bits per heavy atom. The van der Waals surface area contributed by atoms with Crippen LogP contribution in [0.3, 0.4) is 0 Å². The zero-order chi connectivity index (χ0) is 12.4. The molecular formula is C11H11ClFN3S. The van der Waals surface area contributed by atoms with Crippen molar-refractivity contribution in [3.8, 4) is 0 Å². The molecule has 0 bridgehead atoms. The Hall–Kier alpha value is -1.01. The van der Waals surface area contributed by atoms with Crippen molar-refractivity contribution >= 4 is 22.9 Å². The van der Waals surface area contributed by atoms with Gasteiger partial charge in [-0.1, -0.05) is 11.6 Å². The van der Waals surface area contributed by atoms with E-state index in [1.807, 2.05) is 12.3 Å².